The maximum Gasteiger partial charge on any atom is 2.00 e. The van der Waals surface area contributed by atoms with Gasteiger partial charge in [0.2, 0.25) is 0 Å². The number of rotatable bonds is 0. The molecule has 0 aliphatic rings. The van der Waals surface area contributed by atoms with Gasteiger partial charge in [-0.3, -0.25) is 0 Å². The molecule has 0 nitrogen and oxygen atoms in total. The van der Waals surface area contributed by atoms with Crippen molar-refractivity contribution >= 4 is 23.1 Å². The van der Waals surface area contributed by atoms with Crippen LogP contribution in [0.15, 0.2) is 0 Å². The van der Waals surface area contributed by atoms with Gasteiger partial charge in [0.25, 0.3) is 0 Å². The van der Waals surface area contributed by atoms with Crippen LogP contribution in [0.2, 0.25) is 0 Å². The van der Waals surface area contributed by atoms with Crippen LogP contribution < -0.4 is 68.4 Å². The molecule has 0 saturated heterocycles. The molecule has 0 N–H and O–H groups in total. The monoisotopic (exact) mass is 160 g/mol. The van der Waals surface area contributed by atoms with Gasteiger partial charge in [-0.05, 0) is 0 Å². The van der Waals surface area contributed by atoms with Crippen LogP contribution in [-0.4, -0.2) is 23.1 Å². The Hall–Kier alpha value is 2.88. The van der Waals surface area contributed by atoms with E-state index in [9.17, 15) is 0 Å². The van der Waals surface area contributed by atoms with E-state index < -0.39 is 0 Å². The normalized spacial score (nSPS) is 0. The Morgan fingerprint density at radius 1 is 1.25 bits per heavy atom. The van der Waals surface area contributed by atoms with Crippen molar-refractivity contribution in [1.82, 2.24) is 0 Å². The Bertz CT molecular complexity index is 13.5. The molecule has 0 spiro atoms. The fourth-order valence-corrected chi connectivity index (χ4v) is 0. The largest absolute Gasteiger partial charge is 2.00 e. The molecular formula is CH6BrKMg. The standard InChI is InChI=1S/CH4.BrH.K.Mg.2H/h1H4;1H;;;;/q;;+1;+2;2*-1/p-1. The molecule has 0 aliphatic carbocycles. The smallest absolute Gasteiger partial charge is 1.00 e. The van der Waals surface area contributed by atoms with Crippen LogP contribution >= 0.6 is 0 Å². The van der Waals surface area contributed by atoms with Crippen LogP contribution in [0.4, 0.5) is 0 Å². The van der Waals surface area contributed by atoms with Gasteiger partial charge in [0.15, 0.2) is 0 Å². The van der Waals surface area contributed by atoms with Crippen LogP contribution in [0, 0.1) is 0 Å². The van der Waals surface area contributed by atoms with Gasteiger partial charge in [-0.15, -0.1) is 0 Å². The predicted octanol–water partition coefficient (Wildman–Crippen LogP) is -5.51. The van der Waals surface area contributed by atoms with E-state index in [1.165, 1.54) is 0 Å². The summed E-state index contributed by atoms with van der Waals surface area (Å²) >= 11 is 0. The van der Waals surface area contributed by atoms with Gasteiger partial charge >= 0.3 is 74.4 Å². The van der Waals surface area contributed by atoms with Crippen LogP contribution in [0.5, 0.6) is 0 Å². The van der Waals surface area contributed by atoms with E-state index in [2.05, 4.69) is 0 Å². The quantitative estimate of drug-likeness (QED) is 0.311. The first-order chi connectivity index (χ1) is 0. The van der Waals surface area contributed by atoms with Crippen LogP contribution in [0.3, 0.4) is 0 Å². The average molecular weight is 161 g/mol. The molecule has 0 aromatic rings. The zero-order chi connectivity index (χ0) is 0. The minimum absolute atomic E-state index is 0. The minimum Gasteiger partial charge on any atom is -1.00 e. The average Bonchev–Trinajstić information content (AvgIpc) is 0. The molecule has 0 fully saturated rings. The second-order valence-electron chi connectivity index (χ2n) is 0. The van der Waals surface area contributed by atoms with Crippen molar-refractivity contribution < 1.29 is 71.2 Å². The van der Waals surface area contributed by atoms with E-state index in [-0.39, 0.29) is 102 Å². The molecule has 3 heteroatoms. The maximum absolute atomic E-state index is 0. The maximum atomic E-state index is 0. The summed E-state index contributed by atoms with van der Waals surface area (Å²) in [5.74, 6) is 0. The third-order valence-electron chi connectivity index (χ3n) is 0. The second kappa shape index (κ2) is 16.9. The fraction of sp³-hybridized carbons (Fsp3) is 1.00. The molecule has 0 heterocycles. The van der Waals surface area contributed by atoms with Crippen LogP contribution in [0.25, 0.3) is 0 Å². The summed E-state index contributed by atoms with van der Waals surface area (Å²) in [6.45, 7) is 0. The summed E-state index contributed by atoms with van der Waals surface area (Å²) in [4.78, 5) is 0. The zero-order valence-corrected chi connectivity index (χ0v) is 8.21. The molecule has 0 rings (SSSR count). The molecule has 0 amide bonds. The van der Waals surface area contributed by atoms with Crippen molar-refractivity contribution in [2.45, 2.75) is 7.43 Å². The van der Waals surface area contributed by atoms with Crippen molar-refractivity contribution in [1.29, 1.82) is 0 Å². The van der Waals surface area contributed by atoms with Crippen molar-refractivity contribution in [3.05, 3.63) is 0 Å². The van der Waals surface area contributed by atoms with Crippen molar-refractivity contribution in [3.63, 3.8) is 0 Å². The Morgan fingerprint density at radius 2 is 1.25 bits per heavy atom. The van der Waals surface area contributed by atoms with E-state index >= 15 is 0 Å². The summed E-state index contributed by atoms with van der Waals surface area (Å²) < 4.78 is 0. The Morgan fingerprint density at radius 3 is 1.25 bits per heavy atom. The number of hydrogen-bond donors (Lipinski definition) is 0. The first kappa shape index (κ1) is 28.7. The van der Waals surface area contributed by atoms with Crippen LogP contribution in [-0.2, 0) is 0 Å². The first-order valence-electron chi connectivity index (χ1n) is 0. The Kier molecular flexibility index (Phi) is 121. The van der Waals surface area contributed by atoms with Gasteiger partial charge in [-0.25, -0.2) is 0 Å². The third-order valence-corrected chi connectivity index (χ3v) is 0. The zero-order valence-electron chi connectivity index (χ0n) is 4.09. The summed E-state index contributed by atoms with van der Waals surface area (Å²) in [6.07, 6.45) is 0. The topological polar surface area (TPSA) is 0 Å². The SMILES string of the molecule is C.[Br-].[H-].[H-].[K+].[Mg+2]. The Balaban J connectivity index is 0. The van der Waals surface area contributed by atoms with Crippen molar-refractivity contribution in [2.75, 3.05) is 0 Å². The van der Waals surface area contributed by atoms with Gasteiger partial charge < -0.3 is 19.8 Å². The van der Waals surface area contributed by atoms with Gasteiger partial charge in [0, 0.05) is 0 Å². The van der Waals surface area contributed by atoms with Crippen molar-refractivity contribution in [3.8, 4) is 0 Å². The third kappa shape index (κ3) is 8.86. The first-order valence-corrected chi connectivity index (χ1v) is 0. The molecule has 0 saturated carbocycles. The van der Waals surface area contributed by atoms with E-state index in [1.54, 1.807) is 0 Å². The van der Waals surface area contributed by atoms with Gasteiger partial charge in [0.1, 0.15) is 0 Å². The second-order valence-corrected chi connectivity index (χ2v) is 0. The number of hydrogen-bond acceptors (Lipinski definition) is 0. The number of halogens is 1. The van der Waals surface area contributed by atoms with E-state index in [0.29, 0.717) is 0 Å². The van der Waals surface area contributed by atoms with Gasteiger partial charge in [-0.1, -0.05) is 7.43 Å². The van der Waals surface area contributed by atoms with E-state index in [0.717, 1.165) is 0 Å². The molecular weight excluding hydrogens is 155 g/mol. The molecule has 0 unspecified atom stereocenters. The molecule has 0 aromatic heterocycles. The summed E-state index contributed by atoms with van der Waals surface area (Å²) in [6, 6.07) is 0. The van der Waals surface area contributed by atoms with Crippen LogP contribution in [0.1, 0.15) is 10.3 Å². The van der Waals surface area contributed by atoms with E-state index in [1.807, 2.05) is 0 Å². The van der Waals surface area contributed by atoms with Gasteiger partial charge in [0.05, 0.1) is 0 Å². The molecule has 20 valence electrons. The van der Waals surface area contributed by atoms with Gasteiger partial charge in [-0.2, -0.15) is 0 Å². The summed E-state index contributed by atoms with van der Waals surface area (Å²) in [5.41, 5.74) is 0. The van der Waals surface area contributed by atoms with E-state index in [4.69, 9.17) is 0 Å². The summed E-state index contributed by atoms with van der Waals surface area (Å²) in [7, 11) is 0. The summed E-state index contributed by atoms with van der Waals surface area (Å²) in [5, 5.41) is 0. The predicted molar refractivity (Wildman–Crippen MR) is 14.7 cm³/mol. The molecule has 0 aliphatic heterocycles. The fourth-order valence-electron chi connectivity index (χ4n) is 0. The molecule has 4 heavy (non-hydrogen) atoms. The Labute approximate surface area is 99.4 Å². The molecule has 0 aromatic carbocycles. The molecule has 0 bridgehead atoms. The van der Waals surface area contributed by atoms with Crippen molar-refractivity contribution in [2.24, 2.45) is 0 Å². The minimum atomic E-state index is 0. The molecule has 0 radical (unpaired) electrons. The molecule has 0 atom stereocenters.